The topological polar surface area (TPSA) is 56.1 Å². The van der Waals surface area contributed by atoms with Gasteiger partial charge in [-0.25, -0.2) is 0 Å². The minimum atomic E-state index is -0.598. The van der Waals surface area contributed by atoms with Crippen molar-refractivity contribution in [2.75, 3.05) is 31.1 Å². The van der Waals surface area contributed by atoms with Gasteiger partial charge in [-0.15, -0.1) is 0 Å². The lowest BCUT2D eigenvalue weighted by Crippen LogP contribution is -2.41. The summed E-state index contributed by atoms with van der Waals surface area (Å²) in [6.07, 6.45) is 3.33. The van der Waals surface area contributed by atoms with Gasteiger partial charge in [-0.3, -0.25) is 9.53 Å². The molecule has 1 atom stereocenters. The molecule has 0 spiro atoms. The molecule has 5 heteroatoms. The van der Waals surface area contributed by atoms with Crippen LogP contribution in [0.3, 0.4) is 0 Å². The van der Waals surface area contributed by atoms with Gasteiger partial charge in [-0.1, -0.05) is 0 Å². The van der Waals surface area contributed by atoms with Crippen molar-refractivity contribution < 1.29 is 4.21 Å². The van der Waals surface area contributed by atoms with Gasteiger partial charge in [-0.2, -0.15) is 5.26 Å². The van der Waals surface area contributed by atoms with Crippen LogP contribution in [0.25, 0.3) is 0 Å². The molecule has 1 heterocycles. The molecule has 0 amide bonds. The van der Waals surface area contributed by atoms with E-state index < -0.39 is 10.8 Å². The summed E-state index contributed by atoms with van der Waals surface area (Å²) in [5, 5.41) is 12.3. The quantitative estimate of drug-likeness (QED) is 0.741. The van der Waals surface area contributed by atoms with Crippen LogP contribution in [0, 0.1) is 11.3 Å². The maximum Gasteiger partial charge on any atom is 0.0967 e. The zero-order chi connectivity index (χ0) is 11.4. The predicted molar refractivity (Wildman–Crippen MR) is 64.5 cm³/mol. The third-order valence-electron chi connectivity index (χ3n) is 3.17. The molecule has 0 bridgehead atoms. The van der Waals surface area contributed by atoms with E-state index in [1.807, 2.05) is 0 Å². The highest BCUT2D eigenvalue weighted by Gasteiger charge is 2.25. The molecule has 1 unspecified atom stereocenters. The Labute approximate surface area is 99.5 Å². The summed E-state index contributed by atoms with van der Waals surface area (Å²) < 4.78 is 11.2. The zero-order valence-electron chi connectivity index (χ0n) is 9.52. The first-order chi connectivity index (χ1) is 7.78. The normalized spacial score (nSPS) is 25.2. The van der Waals surface area contributed by atoms with Crippen molar-refractivity contribution in [3.8, 4) is 6.07 Å². The minimum absolute atomic E-state index is 0.0000704. The van der Waals surface area contributed by atoms with Crippen molar-refractivity contribution in [3.05, 3.63) is 0 Å². The fourth-order valence-corrected chi connectivity index (χ4v) is 3.06. The fourth-order valence-electron chi connectivity index (χ4n) is 1.93. The maximum absolute atomic E-state index is 11.2. The first kappa shape index (κ1) is 12.0. The number of nitrogens with zero attached hydrogens (tertiary/aromatic N) is 2. The Kier molecular flexibility index (Phi) is 4.33. The van der Waals surface area contributed by atoms with Gasteiger partial charge in [0.25, 0.3) is 0 Å². The van der Waals surface area contributed by atoms with Gasteiger partial charge in [0, 0.05) is 48.0 Å². The lowest BCUT2D eigenvalue weighted by molar-refractivity contribution is 0.286. The summed E-state index contributed by atoms with van der Waals surface area (Å²) in [6, 6.07) is 2.92. The van der Waals surface area contributed by atoms with Crippen molar-refractivity contribution >= 4 is 10.8 Å². The second-order valence-corrected chi connectivity index (χ2v) is 6.30. The van der Waals surface area contributed by atoms with E-state index >= 15 is 0 Å². The van der Waals surface area contributed by atoms with Crippen LogP contribution in [-0.2, 0) is 10.8 Å². The molecule has 2 rings (SSSR count). The molecule has 0 aromatic rings. The average Bonchev–Trinajstić information content (AvgIpc) is 3.10. The molecule has 0 aromatic carbocycles. The average molecular weight is 241 g/mol. The lowest BCUT2D eigenvalue weighted by Gasteiger charge is -2.26. The molecule has 1 saturated carbocycles. The number of nitriles is 1. The van der Waals surface area contributed by atoms with Crippen LogP contribution in [0.4, 0.5) is 0 Å². The van der Waals surface area contributed by atoms with E-state index in [4.69, 9.17) is 5.26 Å². The van der Waals surface area contributed by atoms with E-state index in [1.54, 1.807) is 0 Å². The van der Waals surface area contributed by atoms with Gasteiger partial charge >= 0.3 is 0 Å². The summed E-state index contributed by atoms with van der Waals surface area (Å²) in [6.45, 7) is 2.80. The first-order valence-corrected chi connectivity index (χ1v) is 7.50. The Morgan fingerprint density at radius 3 is 2.69 bits per heavy atom. The maximum atomic E-state index is 11.2. The van der Waals surface area contributed by atoms with Crippen LogP contribution in [0.15, 0.2) is 0 Å². The Hall–Kier alpha value is -0.440. The summed E-state index contributed by atoms with van der Waals surface area (Å²) in [7, 11) is -0.598. The lowest BCUT2D eigenvalue weighted by atomic mass is 10.2. The summed E-state index contributed by atoms with van der Waals surface area (Å²) in [5.74, 6) is 1.60. The Balaban J connectivity index is 1.65. The van der Waals surface area contributed by atoms with E-state index in [1.165, 1.54) is 12.8 Å². The van der Waals surface area contributed by atoms with Crippen LogP contribution < -0.4 is 5.32 Å². The van der Waals surface area contributed by atoms with Crippen LogP contribution in [-0.4, -0.2) is 52.3 Å². The summed E-state index contributed by atoms with van der Waals surface area (Å²) >= 11 is 0. The molecular weight excluding hydrogens is 222 g/mol. The van der Waals surface area contributed by atoms with E-state index in [0.717, 1.165) is 37.6 Å². The molecule has 2 aliphatic rings. The van der Waals surface area contributed by atoms with Crippen molar-refractivity contribution in [2.45, 2.75) is 31.3 Å². The van der Waals surface area contributed by atoms with E-state index in [9.17, 15) is 4.21 Å². The van der Waals surface area contributed by atoms with Gasteiger partial charge in [0.05, 0.1) is 12.1 Å². The zero-order valence-corrected chi connectivity index (χ0v) is 10.3. The molecule has 0 radical (unpaired) electrons. The fraction of sp³-hybridized carbons (Fsp3) is 0.909. The van der Waals surface area contributed by atoms with Crippen LogP contribution in [0.5, 0.6) is 0 Å². The molecule has 90 valence electrons. The van der Waals surface area contributed by atoms with Gasteiger partial charge in [0.15, 0.2) is 0 Å². The highest BCUT2D eigenvalue weighted by Crippen LogP contribution is 2.19. The molecule has 1 aliphatic heterocycles. The second-order valence-electron chi connectivity index (χ2n) is 4.60. The second kappa shape index (κ2) is 5.76. The highest BCUT2D eigenvalue weighted by atomic mass is 32.2. The third-order valence-corrected chi connectivity index (χ3v) is 4.45. The van der Waals surface area contributed by atoms with Crippen molar-refractivity contribution in [1.82, 2.24) is 10.2 Å². The van der Waals surface area contributed by atoms with Gasteiger partial charge in [0.1, 0.15) is 0 Å². The largest absolute Gasteiger partial charge is 0.301 e. The van der Waals surface area contributed by atoms with Crippen LogP contribution in [0.2, 0.25) is 0 Å². The van der Waals surface area contributed by atoms with Crippen LogP contribution >= 0.6 is 0 Å². The number of rotatable bonds is 5. The van der Waals surface area contributed by atoms with E-state index in [-0.39, 0.29) is 6.04 Å². The number of hydrogen-bond donors (Lipinski definition) is 1. The van der Waals surface area contributed by atoms with E-state index in [2.05, 4.69) is 16.3 Å². The van der Waals surface area contributed by atoms with Crippen molar-refractivity contribution in [1.29, 1.82) is 5.26 Å². The highest BCUT2D eigenvalue weighted by molar-refractivity contribution is 7.85. The summed E-state index contributed by atoms with van der Waals surface area (Å²) in [4.78, 5) is 2.32. The standard InChI is InChI=1S/C11H19N3OS/c12-9-11(13-10-1-2-10)3-4-14-5-7-16(15)8-6-14/h10-11,13H,1-8H2. The van der Waals surface area contributed by atoms with Gasteiger partial charge in [0.2, 0.25) is 0 Å². The summed E-state index contributed by atoms with van der Waals surface area (Å²) in [5.41, 5.74) is 0. The molecular formula is C11H19N3OS. The predicted octanol–water partition coefficient (Wildman–Crippen LogP) is 0.0850. The Bertz CT molecular complexity index is 288. The smallest absolute Gasteiger partial charge is 0.0967 e. The third kappa shape index (κ3) is 3.85. The van der Waals surface area contributed by atoms with Gasteiger partial charge in [-0.05, 0) is 19.3 Å². The molecule has 0 aromatic heterocycles. The molecule has 1 aliphatic carbocycles. The monoisotopic (exact) mass is 241 g/mol. The van der Waals surface area contributed by atoms with Gasteiger partial charge < -0.3 is 4.90 Å². The molecule has 1 N–H and O–H groups in total. The van der Waals surface area contributed by atoms with Crippen molar-refractivity contribution in [2.24, 2.45) is 0 Å². The molecule has 4 nitrogen and oxygen atoms in total. The molecule has 1 saturated heterocycles. The first-order valence-electron chi connectivity index (χ1n) is 6.01. The Morgan fingerprint density at radius 1 is 1.44 bits per heavy atom. The van der Waals surface area contributed by atoms with Crippen LogP contribution in [0.1, 0.15) is 19.3 Å². The minimum Gasteiger partial charge on any atom is -0.301 e. The number of hydrogen-bond acceptors (Lipinski definition) is 4. The van der Waals surface area contributed by atoms with Crippen molar-refractivity contribution in [3.63, 3.8) is 0 Å². The SMILES string of the molecule is N#CC(CCN1CCS(=O)CC1)NC1CC1. The molecule has 2 fully saturated rings. The van der Waals surface area contributed by atoms with E-state index in [0.29, 0.717) is 6.04 Å². The molecule has 16 heavy (non-hydrogen) atoms. The number of nitrogens with one attached hydrogen (secondary N) is 1. The Morgan fingerprint density at radius 2 is 2.12 bits per heavy atom.